The molecule has 158 valence electrons. The topological polar surface area (TPSA) is 71.4 Å². The summed E-state index contributed by atoms with van der Waals surface area (Å²) in [6.45, 7) is 2.73. The molecule has 1 aromatic carbocycles. The lowest BCUT2D eigenvalue weighted by Gasteiger charge is -2.12. The Morgan fingerprint density at radius 1 is 1.23 bits per heavy atom. The van der Waals surface area contributed by atoms with Gasteiger partial charge in [0.2, 0.25) is 5.91 Å². The van der Waals surface area contributed by atoms with Crippen LogP contribution >= 0.6 is 11.8 Å². The van der Waals surface area contributed by atoms with E-state index in [1.54, 1.807) is 6.08 Å². The summed E-state index contributed by atoms with van der Waals surface area (Å²) in [5.74, 6) is -0.219. The summed E-state index contributed by atoms with van der Waals surface area (Å²) in [5.41, 5.74) is 1.79. The maximum absolute atomic E-state index is 12.7. The van der Waals surface area contributed by atoms with E-state index in [0.29, 0.717) is 11.4 Å². The predicted octanol–water partition coefficient (Wildman–Crippen LogP) is 4.54. The minimum absolute atomic E-state index is 0.00842. The van der Waals surface area contributed by atoms with Crippen molar-refractivity contribution in [3.63, 3.8) is 0 Å². The van der Waals surface area contributed by atoms with Crippen LogP contribution in [0.4, 0.5) is 4.79 Å². The fourth-order valence-corrected chi connectivity index (χ4v) is 5.03. The number of fused-ring (bicyclic) bond motifs is 1. The number of imide groups is 1. The summed E-state index contributed by atoms with van der Waals surface area (Å²) in [4.78, 5) is 39.2. The molecule has 0 spiro atoms. The first kappa shape index (κ1) is 20.7. The van der Waals surface area contributed by atoms with E-state index in [1.165, 1.54) is 17.7 Å². The van der Waals surface area contributed by atoms with Gasteiger partial charge in [0.25, 0.3) is 11.1 Å². The van der Waals surface area contributed by atoms with Crippen LogP contribution < -0.4 is 5.32 Å². The van der Waals surface area contributed by atoms with E-state index in [4.69, 9.17) is 0 Å². The lowest BCUT2D eigenvalue weighted by atomic mass is 10.1. The number of nitrogens with zero attached hydrogens (tertiary/aromatic N) is 2. The third kappa shape index (κ3) is 4.31. The maximum atomic E-state index is 12.7. The van der Waals surface area contributed by atoms with Crippen molar-refractivity contribution in [1.82, 2.24) is 14.8 Å². The summed E-state index contributed by atoms with van der Waals surface area (Å²) in [5, 5.41) is 3.88. The smallest absolute Gasteiger partial charge is 0.293 e. The van der Waals surface area contributed by atoms with Crippen molar-refractivity contribution in [3.05, 3.63) is 40.9 Å². The number of hydrogen-bond donors (Lipinski definition) is 1. The molecule has 1 aromatic heterocycles. The molecule has 1 N–H and O–H groups in total. The van der Waals surface area contributed by atoms with Crippen LogP contribution in [-0.2, 0) is 16.1 Å². The van der Waals surface area contributed by atoms with E-state index < -0.39 is 0 Å². The Morgan fingerprint density at radius 2 is 2.00 bits per heavy atom. The largest absolute Gasteiger partial charge is 0.352 e. The van der Waals surface area contributed by atoms with Gasteiger partial charge >= 0.3 is 0 Å². The standard InChI is InChI=1S/C23H27N3O3S/c1-2-3-12-26-22(28)20(30-23(26)29)13-16-14-25(19-11-7-6-10-18(16)19)15-21(27)24-17-8-4-5-9-17/h6-7,10-11,13-14,17H,2-5,8-9,12,15H2,1H3,(H,24,27)/b20-13-. The Bertz CT molecular complexity index is 1000. The summed E-state index contributed by atoms with van der Waals surface area (Å²) in [7, 11) is 0. The van der Waals surface area contributed by atoms with Gasteiger partial charge in [-0.3, -0.25) is 19.3 Å². The summed E-state index contributed by atoms with van der Waals surface area (Å²) in [6.07, 6.45) is 9.87. The molecule has 2 aromatic rings. The van der Waals surface area contributed by atoms with E-state index in [1.807, 2.05) is 42.0 Å². The molecule has 2 heterocycles. The van der Waals surface area contributed by atoms with E-state index in [9.17, 15) is 14.4 Å². The van der Waals surface area contributed by atoms with Crippen LogP contribution in [0, 0.1) is 0 Å². The second-order valence-electron chi connectivity index (χ2n) is 7.97. The molecule has 0 atom stereocenters. The molecular weight excluding hydrogens is 398 g/mol. The van der Waals surface area contributed by atoms with Crippen molar-refractivity contribution in [3.8, 4) is 0 Å². The molecule has 1 saturated carbocycles. The predicted molar refractivity (Wildman–Crippen MR) is 120 cm³/mol. The van der Waals surface area contributed by atoms with Gasteiger partial charge in [-0.05, 0) is 43.2 Å². The van der Waals surface area contributed by atoms with Crippen LogP contribution in [0.5, 0.6) is 0 Å². The van der Waals surface area contributed by atoms with E-state index in [0.717, 1.165) is 53.9 Å². The Labute approximate surface area is 180 Å². The first-order chi connectivity index (χ1) is 14.6. The SMILES string of the molecule is CCCCN1C(=O)S/C(=C\c2cn(CC(=O)NC3CCCC3)c3ccccc23)C1=O. The zero-order chi connectivity index (χ0) is 21.1. The van der Waals surface area contributed by atoms with Crippen molar-refractivity contribution >= 4 is 45.8 Å². The molecule has 2 fully saturated rings. The highest BCUT2D eigenvalue weighted by atomic mass is 32.2. The number of carbonyl (C=O) groups excluding carboxylic acids is 3. The zero-order valence-corrected chi connectivity index (χ0v) is 18.0. The van der Waals surface area contributed by atoms with Crippen LogP contribution in [-0.4, -0.2) is 39.1 Å². The third-order valence-corrected chi connectivity index (χ3v) is 6.66. The molecule has 30 heavy (non-hydrogen) atoms. The number of aromatic nitrogens is 1. The zero-order valence-electron chi connectivity index (χ0n) is 17.2. The molecule has 0 unspecified atom stereocenters. The molecule has 1 aliphatic carbocycles. The van der Waals surface area contributed by atoms with E-state index in [-0.39, 0.29) is 29.6 Å². The highest BCUT2D eigenvalue weighted by Crippen LogP contribution is 2.34. The Kier molecular flexibility index (Phi) is 6.27. The van der Waals surface area contributed by atoms with E-state index in [2.05, 4.69) is 5.32 Å². The number of rotatable bonds is 7. The Morgan fingerprint density at radius 3 is 2.77 bits per heavy atom. The van der Waals surface area contributed by atoms with Crippen LogP contribution in [0.15, 0.2) is 35.4 Å². The van der Waals surface area contributed by atoms with Gasteiger partial charge in [-0.15, -0.1) is 0 Å². The molecule has 7 heteroatoms. The van der Waals surface area contributed by atoms with Crippen molar-refractivity contribution in [2.75, 3.05) is 6.54 Å². The minimum atomic E-state index is -0.228. The van der Waals surface area contributed by atoms with Crippen LogP contribution in [0.1, 0.15) is 51.0 Å². The van der Waals surface area contributed by atoms with Gasteiger partial charge in [0.05, 0.1) is 4.91 Å². The lowest BCUT2D eigenvalue weighted by Crippen LogP contribution is -2.35. The fraction of sp³-hybridized carbons (Fsp3) is 0.435. The number of hydrogen-bond acceptors (Lipinski definition) is 4. The van der Waals surface area contributed by atoms with Gasteiger partial charge in [-0.2, -0.15) is 0 Å². The second-order valence-corrected chi connectivity index (χ2v) is 8.96. The molecule has 6 nitrogen and oxygen atoms in total. The Balaban J connectivity index is 1.58. The van der Waals surface area contributed by atoms with Gasteiger partial charge in [0.15, 0.2) is 0 Å². The molecule has 0 radical (unpaired) electrons. The van der Waals surface area contributed by atoms with E-state index >= 15 is 0 Å². The van der Waals surface area contributed by atoms with Crippen LogP contribution in [0.2, 0.25) is 0 Å². The number of unbranched alkanes of at least 4 members (excludes halogenated alkanes) is 1. The lowest BCUT2D eigenvalue weighted by molar-refractivity contribution is -0.123. The van der Waals surface area contributed by atoms with Gasteiger partial charge < -0.3 is 9.88 Å². The van der Waals surface area contributed by atoms with Crippen molar-refractivity contribution < 1.29 is 14.4 Å². The fourth-order valence-electron chi connectivity index (χ4n) is 4.17. The maximum Gasteiger partial charge on any atom is 0.293 e. The van der Waals surface area contributed by atoms with Crippen LogP contribution in [0.25, 0.3) is 17.0 Å². The van der Waals surface area contributed by atoms with Gasteiger partial charge in [-0.1, -0.05) is 44.4 Å². The minimum Gasteiger partial charge on any atom is -0.352 e. The monoisotopic (exact) mass is 425 g/mol. The molecule has 2 aliphatic rings. The molecule has 3 amide bonds. The number of thioether (sulfide) groups is 1. The normalized spacial score (nSPS) is 18.8. The summed E-state index contributed by atoms with van der Waals surface area (Å²) in [6, 6.07) is 8.12. The number of nitrogens with one attached hydrogen (secondary N) is 1. The summed E-state index contributed by atoms with van der Waals surface area (Å²) >= 11 is 0.990. The highest BCUT2D eigenvalue weighted by molar-refractivity contribution is 8.18. The van der Waals surface area contributed by atoms with Gasteiger partial charge in [0, 0.05) is 35.2 Å². The van der Waals surface area contributed by atoms with Crippen molar-refractivity contribution in [1.29, 1.82) is 0 Å². The first-order valence-corrected chi connectivity index (χ1v) is 11.5. The molecule has 0 bridgehead atoms. The third-order valence-electron chi connectivity index (χ3n) is 5.75. The van der Waals surface area contributed by atoms with Crippen molar-refractivity contribution in [2.24, 2.45) is 0 Å². The number of para-hydroxylation sites is 1. The molecule has 1 aliphatic heterocycles. The van der Waals surface area contributed by atoms with Gasteiger partial charge in [-0.25, -0.2) is 0 Å². The number of carbonyl (C=O) groups is 3. The van der Waals surface area contributed by atoms with Crippen LogP contribution in [0.3, 0.4) is 0 Å². The summed E-state index contributed by atoms with van der Waals surface area (Å²) < 4.78 is 1.92. The molecule has 1 saturated heterocycles. The highest BCUT2D eigenvalue weighted by Gasteiger charge is 2.34. The number of amides is 3. The quantitative estimate of drug-likeness (QED) is 0.661. The molecule has 4 rings (SSSR count). The second kappa shape index (κ2) is 9.08. The number of benzene rings is 1. The van der Waals surface area contributed by atoms with Gasteiger partial charge in [0.1, 0.15) is 6.54 Å². The first-order valence-electron chi connectivity index (χ1n) is 10.7. The average Bonchev–Trinajstić information content (AvgIpc) is 3.42. The Hall–Kier alpha value is -2.54. The molecular formula is C23H27N3O3S. The average molecular weight is 426 g/mol. The van der Waals surface area contributed by atoms with Crippen molar-refractivity contribution in [2.45, 2.75) is 58.0 Å².